The number of hydrogen-bond donors (Lipinski definition) is 0. The summed E-state index contributed by atoms with van der Waals surface area (Å²) >= 11 is 0. The number of carbonyl (C=O) groups excluding carboxylic acids is 3. The predicted molar refractivity (Wildman–Crippen MR) is 93.0 cm³/mol. The van der Waals surface area contributed by atoms with E-state index in [0.717, 1.165) is 32.8 Å². The van der Waals surface area contributed by atoms with Crippen LogP contribution in [0.4, 0.5) is 0 Å². The summed E-state index contributed by atoms with van der Waals surface area (Å²) in [6.45, 7) is 10.6. The zero-order valence-corrected chi connectivity index (χ0v) is 15.4. The van der Waals surface area contributed by atoms with Gasteiger partial charge in [0.25, 0.3) is 0 Å². The van der Waals surface area contributed by atoms with Gasteiger partial charge in [-0.15, -0.1) is 0 Å². The van der Waals surface area contributed by atoms with Crippen molar-refractivity contribution in [2.45, 2.75) is 20.3 Å². The molecular formula is C17H30N4O4. The second-order valence-electron chi connectivity index (χ2n) is 6.60. The standard InChI is InChI=1S/C17H30N4O4/c1-15(22)19(6-5-18-11-13-25-14-12-18)4-3-17(24)21-9-7-20(8-10-21)16(2)23/h3-14H2,1-2H3. The maximum atomic E-state index is 12.4. The van der Waals surface area contributed by atoms with Crippen LogP contribution in [0.15, 0.2) is 0 Å². The van der Waals surface area contributed by atoms with Crippen molar-refractivity contribution in [1.82, 2.24) is 19.6 Å². The number of piperazine rings is 1. The lowest BCUT2D eigenvalue weighted by Gasteiger charge is -2.35. The molecule has 3 amide bonds. The minimum Gasteiger partial charge on any atom is -0.379 e. The van der Waals surface area contributed by atoms with Gasteiger partial charge in [-0.1, -0.05) is 0 Å². The van der Waals surface area contributed by atoms with Gasteiger partial charge in [-0.05, 0) is 0 Å². The van der Waals surface area contributed by atoms with Gasteiger partial charge >= 0.3 is 0 Å². The van der Waals surface area contributed by atoms with E-state index in [2.05, 4.69) is 4.90 Å². The van der Waals surface area contributed by atoms with Gasteiger partial charge in [0.2, 0.25) is 17.7 Å². The molecule has 0 aromatic carbocycles. The van der Waals surface area contributed by atoms with Crippen LogP contribution in [0, 0.1) is 0 Å². The monoisotopic (exact) mass is 354 g/mol. The fourth-order valence-corrected chi connectivity index (χ4v) is 3.17. The molecule has 0 radical (unpaired) electrons. The number of ether oxygens (including phenoxy) is 1. The molecular weight excluding hydrogens is 324 g/mol. The molecule has 0 aromatic rings. The Morgan fingerprint density at radius 2 is 1.48 bits per heavy atom. The van der Waals surface area contributed by atoms with Gasteiger partial charge in [0.15, 0.2) is 0 Å². The molecule has 0 unspecified atom stereocenters. The van der Waals surface area contributed by atoms with E-state index in [0.29, 0.717) is 45.7 Å². The minimum atomic E-state index is 0.00228. The third kappa shape index (κ3) is 6.28. The Hall–Kier alpha value is -1.67. The minimum absolute atomic E-state index is 0.00228. The van der Waals surface area contributed by atoms with Crippen LogP contribution in [-0.4, -0.2) is 109 Å². The smallest absolute Gasteiger partial charge is 0.224 e. The lowest BCUT2D eigenvalue weighted by atomic mass is 10.2. The summed E-state index contributed by atoms with van der Waals surface area (Å²) in [4.78, 5) is 43.1. The molecule has 2 aliphatic heterocycles. The summed E-state index contributed by atoms with van der Waals surface area (Å²) in [6.07, 6.45) is 0.336. The van der Waals surface area contributed by atoms with E-state index in [9.17, 15) is 14.4 Å². The average Bonchev–Trinajstić information content (AvgIpc) is 2.62. The first kappa shape index (κ1) is 19.7. The topological polar surface area (TPSA) is 73.4 Å². The van der Waals surface area contributed by atoms with E-state index in [1.54, 1.807) is 28.5 Å². The second-order valence-corrected chi connectivity index (χ2v) is 6.60. The third-order valence-corrected chi connectivity index (χ3v) is 4.91. The van der Waals surface area contributed by atoms with E-state index < -0.39 is 0 Å². The van der Waals surface area contributed by atoms with Crippen molar-refractivity contribution < 1.29 is 19.1 Å². The second kappa shape index (κ2) is 9.72. The Morgan fingerprint density at radius 1 is 0.880 bits per heavy atom. The van der Waals surface area contributed by atoms with Crippen molar-refractivity contribution in [1.29, 1.82) is 0 Å². The van der Waals surface area contributed by atoms with Crippen LogP contribution in [0.1, 0.15) is 20.3 Å². The summed E-state index contributed by atoms with van der Waals surface area (Å²) in [5.41, 5.74) is 0. The summed E-state index contributed by atoms with van der Waals surface area (Å²) in [5.74, 6) is 0.112. The molecule has 2 fully saturated rings. The first-order chi connectivity index (χ1) is 12.0. The first-order valence-corrected chi connectivity index (χ1v) is 9.06. The summed E-state index contributed by atoms with van der Waals surface area (Å²) in [7, 11) is 0. The zero-order valence-electron chi connectivity index (χ0n) is 15.4. The van der Waals surface area contributed by atoms with Crippen LogP contribution < -0.4 is 0 Å². The van der Waals surface area contributed by atoms with Crippen LogP contribution in [-0.2, 0) is 19.1 Å². The van der Waals surface area contributed by atoms with Crippen LogP contribution in [0.5, 0.6) is 0 Å². The van der Waals surface area contributed by atoms with Crippen LogP contribution in [0.2, 0.25) is 0 Å². The van der Waals surface area contributed by atoms with Gasteiger partial charge in [-0.2, -0.15) is 0 Å². The number of morpholine rings is 1. The van der Waals surface area contributed by atoms with Gasteiger partial charge in [-0.3, -0.25) is 19.3 Å². The largest absolute Gasteiger partial charge is 0.379 e. The molecule has 0 atom stereocenters. The van der Waals surface area contributed by atoms with Crippen molar-refractivity contribution in [2.24, 2.45) is 0 Å². The van der Waals surface area contributed by atoms with E-state index in [-0.39, 0.29) is 17.7 Å². The highest BCUT2D eigenvalue weighted by atomic mass is 16.5. The van der Waals surface area contributed by atoms with Gasteiger partial charge in [0.05, 0.1) is 13.2 Å². The summed E-state index contributed by atoms with van der Waals surface area (Å²) < 4.78 is 5.33. The quantitative estimate of drug-likeness (QED) is 0.627. The van der Waals surface area contributed by atoms with Gasteiger partial charge in [0, 0.05) is 79.2 Å². The molecule has 25 heavy (non-hydrogen) atoms. The van der Waals surface area contributed by atoms with Crippen molar-refractivity contribution in [3.8, 4) is 0 Å². The fraction of sp³-hybridized carbons (Fsp3) is 0.824. The Labute approximate surface area is 149 Å². The Balaban J connectivity index is 1.71. The number of hydrogen-bond acceptors (Lipinski definition) is 5. The summed E-state index contributed by atoms with van der Waals surface area (Å²) in [5, 5.41) is 0. The molecule has 0 spiro atoms. The van der Waals surface area contributed by atoms with E-state index in [4.69, 9.17) is 4.74 Å². The average molecular weight is 354 g/mol. The maximum Gasteiger partial charge on any atom is 0.224 e. The number of rotatable bonds is 6. The Kier molecular flexibility index (Phi) is 7.64. The third-order valence-electron chi connectivity index (χ3n) is 4.91. The summed E-state index contributed by atoms with van der Waals surface area (Å²) in [6, 6.07) is 0. The normalized spacial score (nSPS) is 19.0. The molecule has 2 rings (SSSR count). The number of nitrogens with zero attached hydrogens (tertiary/aromatic N) is 4. The van der Waals surface area contributed by atoms with Crippen LogP contribution >= 0.6 is 0 Å². The molecule has 2 aliphatic rings. The van der Waals surface area contributed by atoms with Crippen molar-refractivity contribution in [2.75, 3.05) is 72.1 Å². The highest BCUT2D eigenvalue weighted by molar-refractivity contribution is 5.79. The lowest BCUT2D eigenvalue weighted by molar-refractivity contribution is -0.139. The number of amides is 3. The Bertz CT molecular complexity index is 471. The predicted octanol–water partition coefficient (Wildman–Crippen LogP) is -0.752. The molecule has 142 valence electrons. The van der Waals surface area contributed by atoms with Crippen molar-refractivity contribution in [3.05, 3.63) is 0 Å². The first-order valence-electron chi connectivity index (χ1n) is 9.06. The van der Waals surface area contributed by atoms with E-state index in [1.165, 1.54) is 0 Å². The molecule has 0 bridgehead atoms. The highest BCUT2D eigenvalue weighted by Crippen LogP contribution is 2.06. The van der Waals surface area contributed by atoms with Crippen molar-refractivity contribution in [3.63, 3.8) is 0 Å². The lowest BCUT2D eigenvalue weighted by Crippen LogP contribution is -2.50. The molecule has 8 nitrogen and oxygen atoms in total. The SMILES string of the molecule is CC(=O)N(CCC(=O)N1CCN(C(C)=O)CC1)CCN1CCOCC1. The fourth-order valence-electron chi connectivity index (χ4n) is 3.17. The number of carbonyl (C=O) groups is 3. The van der Waals surface area contributed by atoms with E-state index >= 15 is 0 Å². The molecule has 0 aliphatic carbocycles. The molecule has 0 saturated carbocycles. The zero-order chi connectivity index (χ0) is 18.2. The van der Waals surface area contributed by atoms with Gasteiger partial charge in [-0.25, -0.2) is 0 Å². The molecule has 2 saturated heterocycles. The molecule has 2 heterocycles. The van der Waals surface area contributed by atoms with Crippen LogP contribution in [0.3, 0.4) is 0 Å². The van der Waals surface area contributed by atoms with E-state index in [1.807, 2.05) is 0 Å². The molecule has 8 heteroatoms. The molecule has 0 aromatic heterocycles. The molecule has 0 N–H and O–H groups in total. The van der Waals surface area contributed by atoms with Gasteiger partial charge < -0.3 is 19.4 Å². The highest BCUT2D eigenvalue weighted by Gasteiger charge is 2.23. The van der Waals surface area contributed by atoms with Crippen molar-refractivity contribution >= 4 is 17.7 Å². The van der Waals surface area contributed by atoms with Crippen LogP contribution in [0.25, 0.3) is 0 Å². The Morgan fingerprint density at radius 3 is 2.04 bits per heavy atom. The maximum absolute atomic E-state index is 12.4. The van der Waals surface area contributed by atoms with Gasteiger partial charge in [0.1, 0.15) is 0 Å².